The highest BCUT2D eigenvalue weighted by atomic mass is 32.2. The van der Waals surface area contributed by atoms with Crippen LogP contribution in [0.5, 0.6) is 0 Å². The zero-order valence-corrected chi connectivity index (χ0v) is 17.3. The van der Waals surface area contributed by atoms with Crippen LogP contribution in [0, 0.1) is 6.92 Å². The fourth-order valence-corrected chi connectivity index (χ4v) is 4.17. The number of amides is 1. The predicted octanol–water partition coefficient (Wildman–Crippen LogP) is 4.44. The number of aryl methyl sites for hydroxylation is 1. The van der Waals surface area contributed by atoms with Crippen molar-refractivity contribution in [2.45, 2.75) is 30.9 Å². The highest BCUT2D eigenvalue weighted by molar-refractivity contribution is 8.00. The summed E-state index contributed by atoms with van der Waals surface area (Å²) in [5.74, 6) is 1.14. The predicted molar refractivity (Wildman–Crippen MR) is 117 cm³/mol. The van der Waals surface area contributed by atoms with Crippen LogP contribution in [0.25, 0.3) is 22.6 Å². The van der Waals surface area contributed by atoms with Gasteiger partial charge in [-0.1, -0.05) is 71.9 Å². The van der Waals surface area contributed by atoms with Crippen molar-refractivity contribution in [3.63, 3.8) is 0 Å². The van der Waals surface area contributed by atoms with Gasteiger partial charge in [-0.05, 0) is 19.8 Å². The Hall–Kier alpha value is -2.57. The van der Waals surface area contributed by atoms with Crippen LogP contribution in [-0.4, -0.2) is 40.9 Å². The maximum atomic E-state index is 12.3. The Morgan fingerprint density at radius 2 is 1.97 bits per heavy atom. The monoisotopic (exact) mass is 407 g/mol. The molecule has 1 amide bonds. The number of benzene rings is 2. The average molecular weight is 408 g/mol. The van der Waals surface area contributed by atoms with Gasteiger partial charge in [0.15, 0.2) is 0 Å². The maximum Gasteiger partial charge on any atom is 0.230 e. The summed E-state index contributed by atoms with van der Waals surface area (Å²) in [5.41, 5.74) is 4.24. The number of imidazole rings is 1. The van der Waals surface area contributed by atoms with E-state index in [9.17, 15) is 4.79 Å². The molecular weight excluding hydrogens is 382 g/mol. The molecule has 5 nitrogen and oxygen atoms in total. The molecule has 0 bridgehead atoms. The molecule has 1 saturated heterocycles. The SMILES string of the molecule is Cc1ccc(-c2[nH]c(-c3ccccc3)nc2SCC(=O)NC[C@H]2CCCO2)cc1. The Balaban J connectivity index is 1.50. The molecule has 6 heteroatoms. The van der Waals surface area contributed by atoms with E-state index in [1.807, 2.05) is 30.3 Å². The summed E-state index contributed by atoms with van der Waals surface area (Å²) in [4.78, 5) is 20.6. The van der Waals surface area contributed by atoms with Gasteiger partial charge in [0.1, 0.15) is 10.9 Å². The number of thioether (sulfide) groups is 1. The first kappa shape index (κ1) is 19.7. The van der Waals surface area contributed by atoms with Crippen LogP contribution in [0.2, 0.25) is 0 Å². The summed E-state index contributed by atoms with van der Waals surface area (Å²) in [6.07, 6.45) is 2.25. The molecule has 2 N–H and O–H groups in total. The first-order chi connectivity index (χ1) is 14.2. The van der Waals surface area contributed by atoms with Crippen LogP contribution in [0.4, 0.5) is 0 Å². The van der Waals surface area contributed by atoms with Crippen LogP contribution in [0.15, 0.2) is 59.6 Å². The lowest BCUT2D eigenvalue weighted by molar-refractivity contribution is -0.119. The standard InChI is InChI=1S/C23H25N3O2S/c1-16-9-11-17(12-10-16)21-23(26-22(25-21)18-6-3-2-4-7-18)29-15-20(27)24-14-19-8-5-13-28-19/h2-4,6-7,9-12,19H,5,8,13-15H2,1H3,(H,24,27)(H,25,26)/t19-/m1/s1. The zero-order chi connectivity index (χ0) is 20.1. The van der Waals surface area contributed by atoms with E-state index in [2.05, 4.69) is 41.5 Å². The molecule has 29 heavy (non-hydrogen) atoms. The normalized spacial score (nSPS) is 16.1. The lowest BCUT2D eigenvalue weighted by atomic mass is 10.1. The molecule has 0 aliphatic carbocycles. The van der Waals surface area contributed by atoms with E-state index < -0.39 is 0 Å². The second-order valence-corrected chi connectivity index (χ2v) is 8.19. The minimum Gasteiger partial charge on any atom is -0.376 e. The molecule has 1 aliphatic rings. The van der Waals surface area contributed by atoms with Crippen LogP contribution in [-0.2, 0) is 9.53 Å². The first-order valence-corrected chi connectivity index (χ1v) is 10.9. The van der Waals surface area contributed by atoms with E-state index in [0.29, 0.717) is 12.3 Å². The highest BCUT2D eigenvalue weighted by Gasteiger charge is 2.18. The molecule has 0 unspecified atom stereocenters. The number of aromatic amines is 1. The summed E-state index contributed by atoms with van der Waals surface area (Å²) >= 11 is 1.46. The summed E-state index contributed by atoms with van der Waals surface area (Å²) in [6.45, 7) is 3.45. The van der Waals surface area contributed by atoms with Gasteiger partial charge in [0, 0.05) is 24.3 Å². The number of aromatic nitrogens is 2. The molecule has 4 rings (SSSR count). The van der Waals surface area contributed by atoms with Crippen molar-refractivity contribution >= 4 is 17.7 Å². The number of hydrogen-bond donors (Lipinski definition) is 2. The van der Waals surface area contributed by atoms with Crippen LogP contribution in [0.3, 0.4) is 0 Å². The molecule has 0 saturated carbocycles. The number of carbonyl (C=O) groups excluding carboxylic acids is 1. The first-order valence-electron chi connectivity index (χ1n) is 9.92. The van der Waals surface area contributed by atoms with E-state index in [0.717, 1.165) is 47.1 Å². The third-order valence-corrected chi connectivity index (χ3v) is 5.92. The molecule has 3 aromatic rings. The Labute approximate surface area is 175 Å². The number of nitrogens with zero attached hydrogens (tertiary/aromatic N) is 1. The van der Waals surface area contributed by atoms with E-state index in [1.54, 1.807) is 0 Å². The topological polar surface area (TPSA) is 67.0 Å². The van der Waals surface area contributed by atoms with Crippen LogP contribution >= 0.6 is 11.8 Å². The number of rotatable bonds is 7. The average Bonchev–Trinajstić information content (AvgIpc) is 3.42. The second-order valence-electron chi connectivity index (χ2n) is 7.23. The van der Waals surface area contributed by atoms with E-state index in [1.165, 1.54) is 17.3 Å². The Morgan fingerprint density at radius 3 is 2.69 bits per heavy atom. The van der Waals surface area contributed by atoms with Gasteiger partial charge >= 0.3 is 0 Å². The van der Waals surface area contributed by atoms with Crippen molar-refractivity contribution in [2.75, 3.05) is 18.9 Å². The highest BCUT2D eigenvalue weighted by Crippen LogP contribution is 2.32. The number of carbonyl (C=O) groups is 1. The van der Waals surface area contributed by atoms with Gasteiger partial charge in [-0.2, -0.15) is 0 Å². The second kappa shape index (κ2) is 9.29. The molecule has 0 spiro atoms. The van der Waals surface area contributed by atoms with E-state index in [4.69, 9.17) is 9.72 Å². The summed E-state index contributed by atoms with van der Waals surface area (Å²) in [6, 6.07) is 18.4. The molecule has 0 radical (unpaired) electrons. The Morgan fingerprint density at radius 1 is 1.17 bits per heavy atom. The van der Waals surface area contributed by atoms with Gasteiger partial charge in [-0.25, -0.2) is 4.98 Å². The fourth-order valence-electron chi connectivity index (χ4n) is 3.33. The molecule has 1 aromatic heterocycles. The Bertz CT molecular complexity index is 948. The summed E-state index contributed by atoms with van der Waals surface area (Å²) in [7, 11) is 0. The lowest BCUT2D eigenvalue weighted by Gasteiger charge is -2.10. The number of hydrogen-bond acceptors (Lipinski definition) is 4. The third kappa shape index (κ3) is 5.08. The molecular formula is C23H25N3O2S. The Kier molecular flexibility index (Phi) is 6.32. The van der Waals surface area contributed by atoms with Gasteiger partial charge in [0.2, 0.25) is 5.91 Å². The van der Waals surface area contributed by atoms with Gasteiger partial charge < -0.3 is 15.0 Å². The molecule has 1 aliphatic heterocycles. The lowest BCUT2D eigenvalue weighted by Crippen LogP contribution is -2.32. The number of nitrogens with one attached hydrogen (secondary N) is 2. The molecule has 1 atom stereocenters. The van der Waals surface area contributed by atoms with Crippen molar-refractivity contribution in [1.29, 1.82) is 0 Å². The smallest absolute Gasteiger partial charge is 0.230 e. The van der Waals surface area contributed by atoms with E-state index >= 15 is 0 Å². The van der Waals surface area contributed by atoms with Gasteiger partial charge in [-0.3, -0.25) is 4.79 Å². The fraction of sp³-hybridized carbons (Fsp3) is 0.304. The van der Waals surface area contributed by atoms with Crippen LogP contribution in [0.1, 0.15) is 18.4 Å². The molecule has 150 valence electrons. The minimum absolute atomic E-state index is 0.00428. The quantitative estimate of drug-likeness (QED) is 0.568. The van der Waals surface area contributed by atoms with Crippen molar-refractivity contribution in [3.05, 3.63) is 60.2 Å². The van der Waals surface area contributed by atoms with Crippen molar-refractivity contribution in [2.24, 2.45) is 0 Å². The van der Waals surface area contributed by atoms with Crippen molar-refractivity contribution in [3.8, 4) is 22.6 Å². The minimum atomic E-state index is 0.00428. The number of ether oxygens (including phenoxy) is 1. The van der Waals surface area contributed by atoms with E-state index in [-0.39, 0.29) is 12.0 Å². The number of H-pyrrole nitrogens is 1. The maximum absolute atomic E-state index is 12.3. The van der Waals surface area contributed by atoms with Crippen molar-refractivity contribution in [1.82, 2.24) is 15.3 Å². The van der Waals surface area contributed by atoms with Gasteiger partial charge in [-0.15, -0.1) is 0 Å². The molecule has 2 heterocycles. The molecule has 2 aromatic carbocycles. The zero-order valence-electron chi connectivity index (χ0n) is 16.5. The summed E-state index contributed by atoms with van der Waals surface area (Å²) < 4.78 is 5.57. The summed E-state index contributed by atoms with van der Waals surface area (Å²) in [5, 5.41) is 3.81. The largest absolute Gasteiger partial charge is 0.376 e. The molecule has 1 fully saturated rings. The van der Waals surface area contributed by atoms with Gasteiger partial charge in [0.25, 0.3) is 0 Å². The van der Waals surface area contributed by atoms with Gasteiger partial charge in [0.05, 0.1) is 17.6 Å². The third-order valence-electron chi connectivity index (χ3n) is 4.95. The van der Waals surface area contributed by atoms with Crippen LogP contribution < -0.4 is 5.32 Å². The van der Waals surface area contributed by atoms with Crippen molar-refractivity contribution < 1.29 is 9.53 Å².